The van der Waals surface area contributed by atoms with Gasteiger partial charge in [0.25, 0.3) is 0 Å². The van der Waals surface area contributed by atoms with Crippen LogP contribution in [0.25, 0.3) is 0 Å². The molecule has 2 unspecified atom stereocenters. The van der Waals surface area contributed by atoms with E-state index >= 15 is 0 Å². The van der Waals surface area contributed by atoms with Gasteiger partial charge < -0.3 is 30.2 Å². The van der Waals surface area contributed by atoms with E-state index in [0.717, 1.165) is 51.3 Å². The fraction of sp³-hybridized carbons (Fsp3) is 0.900. The van der Waals surface area contributed by atoms with Crippen molar-refractivity contribution in [3.63, 3.8) is 0 Å². The SMILES string of the molecule is CCCC(CN=C(NCC)NCCCOC1CCOC1)NC(=O)OC(C)(C)C.I. The van der Waals surface area contributed by atoms with Gasteiger partial charge in [-0.1, -0.05) is 13.3 Å². The Bertz CT molecular complexity index is 466. The molecule has 172 valence electrons. The first-order valence-corrected chi connectivity index (χ1v) is 10.5. The number of ether oxygens (including phenoxy) is 3. The zero-order valence-electron chi connectivity index (χ0n) is 18.7. The Morgan fingerprint density at radius 1 is 1.28 bits per heavy atom. The fourth-order valence-corrected chi connectivity index (χ4v) is 2.75. The third-order valence-corrected chi connectivity index (χ3v) is 4.03. The van der Waals surface area contributed by atoms with Gasteiger partial charge in [-0.2, -0.15) is 0 Å². The van der Waals surface area contributed by atoms with E-state index in [1.165, 1.54) is 0 Å². The number of guanidine groups is 1. The summed E-state index contributed by atoms with van der Waals surface area (Å²) < 4.78 is 16.4. The van der Waals surface area contributed by atoms with Gasteiger partial charge >= 0.3 is 6.09 Å². The molecule has 0 aromatic carbocycles. The van der Waals surface area contributed by atoms with Gasteiger partial charge in [0.05, 0.1) is 25.3 Å². The summed E-state index contributed by atoms with van der Waals surface area (Å²) in [4.78, 5) is 16.7. The summed E-state index contributed by atoms with van der Waals surface area (Å²) in [5.74, 6) is 0.749. The number of nitrogens with one attached hydrogen (secondary N) is 3. The van der Waals surface area contributed by atoms with Gasteiger partial charge in [-0.15, -0.1) is 24.0 Å². The smallest absolute Gasteiger partial charge is 0.407 e. The van der Waals surface area contributed by atoms with E-state index in [1.54, 1.807) is 0 Å². The standard InChI is InChI=1S/C20H40N4O4.HI/c1-6-9-16(24-19(25)28-20(3,4)5)14-23-18(21-7-2)22-11-8-12-27-17-10-13-26-15-17;/h16-17H,6-15H2,1-5H3,(H,24,25)(H2,21,22,23);1H. The molecule has 0 bridgehead atoms. The first-order chi connectivity index (χ1) is 13.3. The maximum absolute atomic E-state index is 12.0. The normalized spacial score (nSPS) is 18.0. The van der Waals surface area contributed by atoms with Crippen molar-refractivity contribution in [2.75, 3.05) is 39.5 Å². The molecule has 8 nitrogen and oxygen atoms in total. The largest absolute Gasteiger partial charge is 0.444 e. The molecule has 1 amide bonds. The highest BCUT2D eigenvalue weighted by molar-refractivity contribution is 14.0. The molecule has 3 N–H and O–H groups in total. The molecule has 0 aliphatic carbocycles. The minimum absolute atomic E-state index is 0. The van der Waals surface area contributed by atoms with Crippen molar-refractivity contribution in [1.29, 1.82) is 0 Å². The third kappa shape index (κ3) is 14.8. The van der Waals surface area contributed by atoms with Gasteiger partial charge in [-0.3, -0.25) is 4.99 Å². The van der Waals surface area contributed by atoms with Crippen LogP contribution in [-0.4, -0.2) is 69.3 Å². The number of hydrogen-bond donors (Lipinski definition) is 3. The molecule has 1 fully saturated rings. The molecule has 0 saturated carbocycles. The lowest BCUT2D eigenvalue weighted by Crippen LogP contribution is -2.42. The lowest BCUT2D eigenvalue weighted by Gasteiger charge is -2.23. The van der Waals surface area contributed by atoms with E-state index < -0.39 is 11.7 Å². The van der Waals surface area contributed by atoms with E-state index in [-0.39, 0.29) is 36.1 Å². The van der Waals surface area contributed by atoms with Crippen LogP contribution in [0.15, 0.2) is 4.99 Å². The number of aliphatic imine (C=N–C) groups is 1. The maximum atomic E-state index is 12.0. The van der Waals surface area contributed by atoms with E-state index in [9.17, 15) is 4.79 Å². The summed E-state index contributed by atoms with van der Waals surface area (Å²) in [5, 5.41) is 9.48. The van der Waals surface area contributed by atoms with Crippen LogP contribution < -0.4 is 16.0 Å². The zero-order valence-corrected chi connectivity index (χ0v) is 21.0. The van der Waals surface area contributed by atoms with Gasteiger partial charge in [0, 0.05) is 26.3 Å². The van der Waals surface area contributed by atoms with Crippen LogP contribution in [0, 0.1) is 0 Å². The maximum Gasteiger partial charge on any atom is 0.407 e. The van der Waals surface area contributed by atoms with Crippen LogP contribution in [0.5, 0.6) is 0 Å². The number of hydrogen-bond acceptors (Lipinski definition) is 5. The average Bonchev–Trinajstić information content (AvgIpc) is 3.11. The Morgan fingerprint density at radius 3 is 2.62 bits per heavy atom. The van der Waals surface area contributed by atoms with Gasteiger partial charge in [0.1, 0.15) is 5.60 Å². The van der Waals surface area contributed by atoms with Crippen molar-refractivity contribution in [2.24, 2.45) is 4.99 Å². The second-order valence-corrected chi connectivity index (χ2v) is 7.99. The zero-order chi connectivity index (χ0) is 20.8. The quantitative estimate of drug-likeness (QED) is 0.165. The van der Waals surface area contributed by atoms with Crippen LogP contribution in [0.1, 0.15) is 60.3 Å². The second kappa shape index (κ2) is 16.0. The predicted molar refractivity (Wildman–Crippen MR) is 127 cm³/mol. The van der Waals surface area contributed by atoms with E-state index in [0.29, 0.717) is 19.8 Å². The number of halogens is 1. The van der Waals surface area contributed by atoms with Crippen LogP contribution in [0.2, 0.25) is 0 Å². The highest BCUT2D eigenvalue weighted by Gasteiger charge is 2.19. The van der Waals surface area contributed by atoms with Gasteiger partial charge in [-0.25, -0.2) is 4.79 Å². The summed E-state index contributed by atoms with van der Waals surface area (Å²) >= 11 is 0. The van der Waals surface area contributed by atoms with Gasteiger partial charge in [-0.05, 0) is 47.0 Å². The van der Waals surface area contributed by atoms with Crippen LogP contribution in [0.3, 0.4) is 0 Å². The molecule has 1 aliphatic rings. The summed E-state index contributed by atoms with van der Waals surface area (Å²) in [6.07, 6.45) is 3.54. The molecule has 9 heteroatoms. The first kappa shape index (κ1) is 28.2. The van der Waals surface area contributed by atoms with Gasteiger partial charge in [0.2, 0.25) is 0 Å². The van der Waals surface area contributed by atoms with Gasteiger partial charge in [0.15, 0.2) is 5.96 Å². The fourth-order valence-electron chi connectivity index (χ4n) is 2.75. The number of amides is 1. The molecule has 0 aromatic heterocycles. The Balaban J connectivity index is 0.00000784. The third-order valence-electron chi connectivity index (χ3n) is 4.03. The predicted octanol–water partition coefficient (Wildman–Crippen LogP) is 3.05. The molecule has 1 heterocycles. The lowest BCUT2D eigenvalue weighted by molar-refractivity contribution is 0.0419. The molecule has 1 rings (SSSR count). The minimum Gasteiger partial charge on any atom is -0.444 e. The number of carbonyl (C=O) groups is 1. The number of alkyl carbamates (subject to hydrolysis) is 1. The average molecular weight is 528 g/mol. The summed E-state index contributed by atoms with van der Waals surface area (Å²) in [6.45, 7) is 14.0. The van der Waals surface area contributed by atoms with E-state index in [1.807, 2.05) is 27.7 Å². The Hall–Kier alpha value is -0.810. The van der Waals surface area contributed by atoms with Crippen molar-refractivity contribution >= 4 is 36.0 Å². The molecule has 0 radical (unpaired) electrons. The monoisotopic (exact) mass is 528 g/mol. The Labute approximate surface area is 193 Å². The van der Waals surface area contributed by atoms with E-state index in [4.69, 9.17) is 14.2 Å². The van der Waals surface area contributed by atoms with Crippen LogP contribution >= 0.6 is 24.0 Å². The van der Waals surface area contributed by atoms with Crippen molar-refractivity contribution in [3.8, 4) is 0 Å². The van der Waals surface area contributed by atoms with Crippen molar-refractivity contribution in [3.05, 3.63) is 0 Å². The number of carbonyl (C=O) groups excluding carboxylic acids is 1. The molecule has 0 spiro atoms. The van der Waals surface area contributed by atoms with Crippen LogP contribution in [-0.2, 0) is 14.2 Å². The Kier molecular flexibility index (Phi) is 15.5. The Morgan fingerprint density at radius 2 is 2.03 bits per heavy atom. The minimum atomic E-state index is -0.507. The first-order valence-electron chi connectivity index (χ1n) is 10.5. The molecular formula is C20H41IN4O4. The van der Waals surface area contributed by atoms with E-state index in [2.05, 4.69) is 27.9 Å². The topological polar surface area (TPSA) is 93.2 Å². The molecule has 29 heavy (non-hydrogen) atoms. The second-order valence-electron chi connectivity index (χ2n) is 7.99. The van der Waals surface area contributed by atoms with Crippen LogP contribution in [0.4, 0.5) is 4.79 Å². The number of nitrogens with zero attached hydrogens (tertiary/aromatic N) is 1. The molecule has 1 saturated heterocycles. The molecule has 1 aliphatic heterocycles. The highest BCUT2D eigenvalue weighted by Crippen LogP contribution is 2.08. The summed E-state index contributed by atoms with van der Waals surface area (Å²) in [7, 11) is 0. The van der Waals surface area contributed by atoms with Crippen molar-refractivity contribution in [2.45, 2.75) is 78.0 Å². The summed E-state index contributed by atoms with van der Waals surface area (Å²) in [5.41, 5.74) is -0.507. The highest BCUT2D eigenvalue weighted by atomic mass is 127. The van der Waals surface area contributed by atoms with Crippen molar-refractivity contribution < 1.29 is 19.0 Å². The molecular weight excluding hydrogens is 487 g/mol. The van der Waals surface area contributed by atoms with Crippen molar-refractivity contribution in [1.82, 2.24) is 16.0 Å². The summed E-state index contributed by atoms with van der Waals surface area (Å²) in [6, 6.07) is -0.0546. The lowest BCUT2D eigenvalue weighted by atomic mass is 10.1. The number of rotatable bonds is 11. The molecule has 0 aromatic rings. The molecule has 2 atom stereocenters.